The number of imide groups is 1. The highest BCUT2D eigenvalue weighted by molar-refractivity contribution is 7.99. The van der Waals surface area contributed by atoms with Gasteiger partial charge in [-0.15, -0.1) is 0 Å². The highest BCUT2D eigenvalue weighted by atomic mass is 35.5. The molecular weight excluding hydrogens is 398 g/mol. The zero-order chi connectivity index (χ0) is 20.5. The zero-order valence-corrected chi connectivity index (χ0v) is 17.5. The number of nitrogens with two attached hydrogens (primary N) is 1. The summed E-state index contributed by atoms with van der Waals surface area (Å²) in [6, 6.07) is 6.82. The fraction of sp³-hybridized carbons (Fsp3) is 0.368. The van der Waals surface area contributed by atoms with Crippen molar-refractivity contribution < 1.29 is 9.59 Å². The molecule has 1 aromatic carbocycles. The van der Waals surface area contributed by atoms with Crippen LogP contribution in [0.15, 0.2) is 29.4 Å². The Morgan fingerprint density at radius 2 is 1.89 bits per heavy atom. The van der Waals surface area contributed by atoms with E-state index in [1.165, 1.54) is 0 Å². The smallest absolute Gasteiger partial charge is 0.321 e. The quantitative estimate of drug-likeness (QED) is 0.341. The Hall–Kier alpha value is -2.32. The van der Waals surface area contributed by atoms with Gasteiger partial charge in [0.1, 0.15) is 5.82 Å². The van der Waals surface area contributed by atoms with Crippen LogP contribution in [0, 0.1) is 0 Å². The number of nitrogen functional groups attached to an aromatic ring is 1. The molecule has 0 atom stereocenters. The zero-order valence-electron chi connectivity index (χ0n) is 15.9. The van der Waals surface area contributed by atoms with Crippen LogP contribution in [0.5, 0.6) is 0 Å². The first-order valence-corrected chi connectivity index (χ1v) is 10.4. The number of aryl methyl sites for hydroxylation is 1. The summed E-state index contributed by atoms with van der Waals surface area (Å²) in [5.74, 6) is -0.0558. The summed E-state index contributed by atoms with van der Waals surface area (Å²) in [4.78, 5) is 32.4. The number of hydrogen-bond acceptors (Lipinski definition) is 6. The second-order valence-corrected chi connectivity index (χ2v) is 7.40. The number of urea groups is 1. The first-order chi connectivity index (χ1) is 13.4. The largest absolute Gasteiger partial charge is 0.383 e. The summed E-state index contributed by atoms with van der Waals surface area (Å²) in [6.07, 6.45) is 2.49. The van der Waals surface area contributed by atoms with Crippen molar-refractivity contribution in [2.75, 3.05) is 18.0 Å². The molecule has 150 valence electrons. The topological polar surface area (TPSA) is 110 Å². The molecule has 1 aromatic heterocycles. The number of amides is 3. The van der Waals surface area contributed by atoms with Crippen molar-refractivity contribution >= 4 is 41.1 Å². The van der Waals surface area contributed by atoms with Crippen molar-refractivity contribution in [2.45, 2.75) is 38.3 Å². The SMILES string of the molecule is CCCCNC(=O)NC(=O)CSc1nc(N)c(-c2ccc(Cl)cc2)c(CC)n1. The standard InChI is InChI=1S/C19H24ClN5O2S/c1-3-5-10-22-18(27)24-15(26)11-28-19-23-14(4-2)16(17(21)25-19)12-6-8-13(20)9-7-12/h6-9H,3-5,10-11H2,1-2H3,(H2,21,23,25)(H2,22,24,26,27). The Morgan fingerprint density at radius 3 is 2.54 bits per heavy atom. The minimum atomic E-state index is -0.494. The minimum absolute atomic E-state index is 0.0179. The third kappa shape index (κ3) is 6.38. The maximum atomic E-state index is 11.9. The Labute approximate surface area is 173 Å². The van der Waals surface area contributed by atoms with Gasteiger partial charge < -0.3 is 11.1 Å². The summed E-state index contributed by atoms with van der Waals surface area (Å²) in [6.45, 7) is 4.53. The van der Waals surface area contributed by atoms with Crippen LogP contribution >= 0.6 is 23.4 Å². The van der Waals surface area contributed by atoms with Gasteiger partial charge in [-0.3, -0.25) is 10.1 Å². The van der Waals surface area contributed by atoms with Gasteiger partial charge in [0, 0.05) is 17.1 Å². The van der Waals surface area contributed by atoms with Crippen molar-refractivity contribution in [1.29, 1.82) is 0 Å². The highest BCUT2D eigenvalue weighted by Gasteiger charge is 2.15. The molecule has 0 fully saturated rings. The average Bonchev–Trinajstić information content (AvgIpc) is 2.67. The average molecular weight is 422 g/mol. The van der Waals surface area contributed by atoms with Crippen LogP contribution in [0.25, 0.3) is 11.1 Å². The molecule has 9 heteroatoms. The van der Waals surface area contributed by atoms with Gasteiger partial charge in [-0.2, -0.15) is 0 Å². The van der Waals surface area contributed by atoms with Gasteiger partial charge in [-0.25, -0.2) is 14.8 Å². The monoisotopic (exact) mass is 421 g/mol. The number of rotatable bonds is 8. The number of nitrogens with zero attached hydrogens (tertiary/aromatic N) is 2. The van der Waals surface area contributed by atoms with E-state index in [9.17, 15) is 9.59 Å². The molecule has 2 rings (SSSR count). The molecule has 4 N–H and O–H groups in total. The number of hydrogen-bond donors (Lipinski definition) is 3. The first kappa shape index (κ1) is 22.0. The van der Waals surface area contributed by atoms with Gasteiger partial charge in [0.15, 0.2) is 5.16 Å². The van der Waals surface area contributed by atoms with Crippen molar-refractivity contribution in [3.8, 4) is 11.1 Å². The number of halogens is 1. The lowest BCUT2D eigenvalue weighted by Crippen LogP contribution is -2.40. The van der Waals surface area contributed by atoms with Gasteiger partial charge in [0.05, 0.1) is 11.4 Å². The number of benzene rings is 1. The summed E-state index contributed by atoms with van der Waals surface area (Å²) in [7, 11) is 0. The predicted octanol–water partition coefficient (Wildman–Crippen LogP) is 3.66. The number of nitrogens with one attached hydrogen (secondary N) is 2. The van der Waals surface area contributed by atoms with E-state index in [0.717, 1.165) is 41.4 Å². The van der Waals surface area contributed by atoms with Crippen molar-refractivity contribution in [1.82, 2.24) is 20.6 Å². The van der Waals surface area contributed by atoms with E-state index in [1.54, 1.807) is 12.1 Å². The molecule has 0 unspecified atom stereocenters. The van der Waals surface area contributed by atoms with Gasteiger partial charge in [0.25, 0.3) is 0 Å². The lowest BCUT2D eigenvalue weighted by atomic mass is 10.0. The summed E-state index contributed by atoms with van der Waals surface area (Å²) in [5, 5.41) is 5.95. The molecule has 3 amide bonds. The summed E-state index contributed by atoms with van der Waals surface area (Å²) in [5.41, 5.74) is 8.60. The fourth-order valence-corrected chi connectivity index (χ4v) is 3.27. The summed E-state index contributed by atoms with van der Waals surface area (Å²) < 4.78 is 0. The molecule has 0 saturated carbocycles. The third-order valence-corrected chi connectivity index (χ3v) is 4.96. The molecule has 1 heterocycles. The van der Waals surface area contributed by atoms with Crippen LogP contribution < -0.4 is 16.4 Å². The lowest BCUT2D eigenvalue weighted by Gasteiger charge is -2.12. The Kier molecular flexibility index (Phi) is 8.53. The lowest BCUT2D eigenvalue weighted by molar-refractivity contribution is -0.117. The Balaban J connectivity index is 2.03. The van der Waals surface area contributed by atoms with Gasteiger partial charge in [-0.05, 0) is 30.5 Å². The van der Waals surface area contributed by atoms with E-state index in [2.05, 4.69) is 20.6 Å². The number of aromatic nitrogens is 2. The number of thioether (sulfide) groups is 1. The van der Waals surface area contributed by atoms with Crippen LogP contribution in [0.3, 0.4) is 0 Å². The van der Waals surface area contributed by atoms with Gasteiger partial charge >= 0.3 is 6.03 Å². The van der Waals surface area contributed by atoms with E-state index in [4.69, 9.17) is 17.3 Å². The van der Waals surface area contributed by atoms with E-state index in [0.29, 0.717) is 29.0 Å². The molecule has 2 aromatic rings. The second kappa shape index (κ2) is 10.9. The Morgan fingerprint density at radius 1 is 1.18 bits per heavy atom. The molecule has 28 heavy (non-hydrogen) atoms. The number of unbranched alkanes of at least 4 members (excludes halogenated alkanes) is 1. The molecule has 0 aliphatic carbocycles. The van der Waals surface area contributed by atoms with Gasteiger partial charge in [0.2, 0.25) is 5.91 Å². The van der Waals surface area contributed by atoms with Crippen molar-refractivity contribution in [3.05, 3.63) is 35.0 Å². The maximum absolute atomic E-state index is 11.9. The van der Waals surface area contributed by atoms with Crippen LogP contribution in [0.1, 0.15) is 32.4 Å². The second-order valence-electron chi connectivity index (χ2n) is 6.02. The normalized spacial score (nSPS) is 10.5. The number of carbonyl (C=O) groups is 2. The molecular formula is C19H24ClN5O2S. The van der Waals surface area contributed by atoms with Crippen molar-refractivity contribution in [3.63, 3.8) is 0 Å². The van der Waals surface area contributed by atoms with E-state index >= 15 is 0 Å². The molecule has 0 aliphatic rings. The fourth-order valence-electron chi connectivity index (χ4n) is 2.47. The number of carbonyl (C=O) groups excluding carboxylic acids is 2. The van der Waals surface area contributed by atoms with Crippen LogP contribution in [0.2, 0.25) is 5.02 Å². The van der Waals surface area contributed by atoms with Crippen LogP contribution in [0.4, 0.5) is 10.6 Å². The minimum Gasteiger partial charge on any atom is -0.383 e. The Bertz CT molecular complexity index is 830. The first-order valence-electron chi connectivity index (χ1n) is 9.07. The van der Waals surface area contributed by atoms with Crippen LogP contribution in [-0.4, -0.2) is 34.2 Å². The predicted molar refractivity (Wildman–Crippen MR) is 113 cm³/mol. The molecule has 0 bridgehead atoms. The van der Waals surface area contributed by atoms with Crippen molar-refractivity contribution in [2.24, 2.45) is 0 Å². The van der Waals surface area contributed by atoms with E-state index in [-0.39, 0.29) is 5.75 Å². The molecule has 0 saturated heterocycles. The maximum Gasteiger partial charge on any atom is 0.321 e. The van der Waals surface area contributed by atoms with E-state index in [1.807, 2.05) is 26.0 Å². The molecule has 7 nitrogen and oxygen atoms in total. The number of anilines is 1. The highest BCUT2D eigenvalue weighted by Crippen LogP contribution is 2.30. The molecule has 0 radical (unpaired) electrons. The molecule has 0 aliphatic heterocycles. The molecule has 0 spiro atoms. The summed E-state index contributed by atoms with van der Waals surface area (Å²) >= 11 is 7.08. The van der Waals surface area contributed by atoms with Crippen LogP contribution in [-0.2, 0) is 11.2 Å². The van der Waals surface area contributed by atoms with Gasteiger partial charge in [-0.1, -0.05) is 55.8 Å². The van der Waals surface area contributed by atoms with E-state index < -0.39 is 11.9 Å². The third-order valence-electron chi connectivity index (χ3n) is 3.86.